The van der Waals surface area contributed by atoms with Crippen LogP contribution in [0.25, 0.3) is 0 Å². The number of ether oxygens (including phenoxy) is 2. The molecular formula is C55H112NO7P. The molecule has 0 amide bonds. The molecule has 0 aromatic heterocycles. The third-order valence-corrected chi connectivity index (χ3v) is 14.0. The average Bonchev–Trinajstić information content (AvgIpc) is 3.29. The first kappa shape index (κ1) is 63.5. The first-order valence-electron chi connectivity index (χ1n) is 28.5. The molecule has 0 aliphatic carbocycles. The fourth-order valence-electron chi connectivity index (χ4n) is 8.83. The minimum Gasteiger partial charge on any atom is -0.457 e. The first-order chi connectivity index (χ1) is 31.4. The van der Waals surface area contributed by atoms with Crippen LogP contribution in [0.2, 0.25) is 0 Å². The summed E-state index contributed by atoms with van der Waals surface area (Å²) in [7, 11) is -4.28. The topological polar surface area (TPSA) is 117 Å². The van der Waals surface area contributed by atoms with Crippen molar-refractivity contribution in [2.45, 2.75) is 315 Å². The summed E-state index contributed by atoms with van der Waals surface area (Å²) in [6, 6.07) is 0. The summed E-state index contributed by atoms with van der Waals surface area (Å²) in [5.41, 5.74) is 5.40. The van der Waals surface area contributed by atoms with Crippen molar-refractivity contribution in [3.8, 4) is 0 Å². The quantitative estimate of drug-likeness (QED) is 0.0352. The average molecular weight is 930 g/mol. The van der Waals surface area contributed by atoms with Crippen molar-refractivity contribution in [2.24, 2.45) is 5.73 Å². The van der Waals surface area contributed by atoms with Crippen LogP contribution in [0.4, 0.5) is 0 Å². The molecule has 0 bridgehead atoms. The third-order valence-electron chi connectivity index (χ3n) is 13.0. The van der Waals surface area contributed by atoms with Crippen LogP contribution in [0.1, 0.15) is 309 Å². The maximum atomic E-state index is 12.7. The normalized spacial score (nSPS) is 13.1. The molecule has 0 radical (unpaired) electrons. The number of hydrogen-bond acceptors (Lipinski definition) is 7. The molecule has 8 nitrogen and oxygen atoms in total. The zero-order chi connectivity index (χ0) is 46.5. The maximum absolute atomic E-state index is 12.7. The Morgan fingerprint density at radius 1 is 0.406 bits per heavy atom. The minimum atomic E-state index is -4.28. The molecule has 0 spiro atoms. The Morgan fingerprint density at radius 3 is 0.984 bits per heavy atom. The molecule has 0 aromatic carbocycles. The molecule has 0 rings (SSSR count). The lowest BCUT2D eigenvalue weighted by Crippen LogP contribution is -2.28. The minimum absolute atomic E-state index is 0.0895. The lowest BCUT2D eigenvalue weighted by atomic mass is 10.0. The summed E-state index contributed by atoms with van der Waals surface area (Å²) in [5.74, 6) is -0.319. The largest absolute Gasteiger partial charge is 0.472 e. The first-order valence-corrected chi connectivity index (χ1v) is 30.0. The monoisotopic (exact) mass is 930 g/mol. The second kappa shape index (κ2) is 53.5. The van der Waals surface area contributed by atoms with E-state index in [-0.39, 0.29) is 32.3 Å². The molecule has 64 heavy (non-hydrogen) atoms. The van der Waals surface area contributed by atoms with Gasteiger partial charge < -0.3 is 20.1 Å². The number of rotatable bonds is 56. The zero-order valence-corrected chi connectivity index (χ0v) is 44.0. The lowest BCUT2D eigenvalue weighted by Gasteiger charge is -2.20. The summed E-state index contributed by atoms with van der Waals surface area (Å²) >= 11 is 0. The fourth-order valence-corrected chi connectivity index (χ4v) is 9.59. The third kappa shape index (κ3) is 52.5. The molecule has 0 fully saturated rings. The molecule has 0 aromatic rings. The fraction of sp³-hybridized carbons (Fsp3) is 0.982. The summed E-state index contributed by atoms with van der Waals surface area (Å²) in [6.07, 6.45) is 60.1. The van der Waals surface area contributed by atoms with E-state index in [4.69, 9.17) is 24.3 Å². The van der Waals surface area contributed by atoms with Gasteiger partial charge in [0, 0.05) is 19.6 Å². The van der Waals surface area contributed by atoms with Gasteiger partial charge in [-0.3, -0.25) is 13.8 Å². The Labute approximate surface area is 399 Å². The predicted octanol–water partition coefficient (Wildman–Crippen LogP) is 18.0. The number of phosphoric ester groups is 1. The second-order valence-electron chi connectivity index (χ2n) is 19.5. The molecule has 384 valence electrons. The van der Waals surface area contributed by atoms with Gasteiger partial charge in [-0.1, -0.05) is 290 Å². The van der Waals surface area contributed by atoms with E-state index < -0.39 is 13.9 Å². The van der Waals surface area contributed by atoms with Crippen LogP contribution in [0.3, 0.4) is 0 Å². The Bertz CT molecular complexity index is 955. The second-order valence-corrected chi connectivity index (χ2v) is 21.0. The van der Waals surface area contributed by atoms with Gasteiger partial charge in [-0.05, 0) is 12.8 Å². The van der Waals surface area contributed by atoms with E-state index in [9.17, 15) is 14.3 Å². The van der Waals surface area contributed by atoms with Crippen LogP contribution < -0.4 is 5.73 Å². The smallest absolute Gasteiger partial charge is 0.457 e. The zero-order valence-electron chi connectivity index (χ0n) is 43.1. The van der Waals surface area contributed by atoms with E-state index in [2.05, 4.69) is 13.8 Å². The summed E-state index contributed by atoms with van der Waals surface area (Å²) in [6.45, 7) is 5.02. The summed E-state index contributed by atoms with van der Waals surface area (Å²) in [4.78, 5) is 22.6. The number of unbranched alkanes of at least 4 members (excludes halogenated alkanes) is 43. The van der Waals surface area contributed by atoms with E-state index in [1.807, 2.05) is 0 Å². The summed E-state index contributed by atoms with van der Waals surface area (Å²) < 4.78 is 33.7. The van der Waals surface area contributed by atoms with E-state index in [1.54, 1.807) is 0 Å². The molecule has 0 saturated carbocycles. The highest BCUT2D eigenvalue weighted by molar-refractivity contribution is 7.47. The van der Waals surface area contributed by atoms with Crippen LogP contribution in [0.15, 0.2) is 0 Å². The molecule has 0 aliphatic rings. The Kier molecular flexibility index (Phi) is 53.0. The Hall–Kier alpha value is -0.500. The predicted molar refractivity (Wildman–Crippen MR) is 275 cm³/mol. The number of hydrogen-bond donors (Lipinski definition) is 2. The molecule has 3 N–H and O–H groups in total. The molecule has 0 heterocycles. The SMILES string of the molecule is CCCCCCCCCCCCCCCCCCCCCCCCCCCOCC(COP(=O)(O)OCCN)OC(=O)CCCCCCCCCCCCCCCCCCCCCC. The van der Waals surface area contributed by atoms with Crippen molar-refractivity contribution in [1.29, 1.82) is 0 Å². The number of phosphoric acid groups is 1. The van der Waals surface area contributed by atoms with Gasteiger partial charge in [0.25, 0.3) is 0 Å². The molecule has 0 aliphatic heterocycles. The Balaban J connectivity index is 3.81. The Morgan fingerprint density at radius 2 is 0.688 bits per heavy atom. The van der Waals surface area contributed by atoms with E-state index in [0.717, 1.165) is 32.1 Å². The number of nitrogens with two attached hydrogens (primary N) is 1. The van der Waals surface area contributed by atoms with Crippen LogP contribution in [-0.2, 0) is 27.9 Å². The van der Waals surface area contributed by atoms with Crippen molar-refractivity contribution >= 4 is 13.8 Å². The van der Waals surface area contributed by atoms with Gasteiger partial charge in [0.05, 0.1) is 19.8 Å². The standard InChI is InChI=1S/C55H112NO7P/c1-3-5-7-9-11-13-15-17-19-21-23-25-26-27-28-29-31-33-35-37-39-41-43-45-47-50-60-52-54(53-62-64(58,59)61-51-49-56)63-55(57)48-46-44-42-40-38-36-34-32-30-24-22-20-18-16-14-12-10-8-6-4-2/h54H,3-53,56H2,1-2H3,(H,58,59). The van der Waals surface area contributed by atoms with E-state index >= 15 is 0 Å². The highest BCUT2D eigenvalue weighted by Crippen LogP contribution is 2.43. The van der Waals surface area contributed by atoms with E-state index in [0.29, 0.717) is 13.0 Å². The van der Waals surface area contributed by atoms with Gasteiger partial charge in [-0.2, -0.15) is 0 Å². The molecule has 2 unspecified atom stereocenters. The van der Waals surface area contributed by atoms with Gasteiger partial charge in [-0.15, -0.1) is 0 Å². The maximum Gasteiger partial charge on any atom is 0.472 e. The van der Waals surface area contributed by atoms with Gasteiger partial charge in [0.15, 0.2) is 0 Å². The number of carbonyl (C=O) groups is 1. The molecule has 9 heteroatoms. The van der Waals surface area contributed by atoms with Crippen LogP contribution in [0.5, 0.6) is 0 Å². The van der Waals surface area contributed by atoms with Crippen LogP contribution >= 0.6 is 7.82 Å². The highest BCUT2D eigenvalue weighted by atomic mass is 31.2. The van der Waals surface area contributed by atoms with Gasteiger partial charge in [0.1, 0.15) is 6.10 Å². The van der Waals surface area contributed by atoms with Gasteiger partial charge in [-0.25, -0.2) is 4.57 Å². The molecule has 2 atom stereocenters. The van der Waals surface area contributed by atoms with Crippen molar-refractivity contribution in [2.75, 3.05) is 33.0 Å². The lowest BCUT2D eigenvalue weighted by molar-refractivity contribution is -0.154. The van der Waals surface area contributed by atoms with Crippen molar-refractivity contribution < 1.29 is 32.8 Å². The van der Waals surface area contributed by atoms with Crippen LogP contribution in [-0.4, -0.2) is 49.9 Å². The molecular weight excluding hydrogens is 818 g/mol. The van der Waals surface area contributed by atoms with Crippen molar-refractivity contribution in [1.82, 2.24) is 0 Å². The highest BCUT2D eigenvalue weighted by Gasteiger charge is 2.25. The van der Waals surface area contributed by atoms with E-state index in [1.165, 1.54) is 257 Å². The van der Waals surface area contributed by atoms with Gasteiger partial charge in [0.2, 0.25) is 0 Å². The van der Waals surface area contributed by atoms with Crippen molar-refractivity contribution in [3.63, 3.8) is 0 Å². The number of esters is 1. The summed E-state index contributed by atoms with van der Waals surface area (Å²) in [5, 5.41) is 0. The molecule has 0 saturated heterocycles. The van der Waals surface area contributed by atoms with Gasteiger partial charge >= 0.3 is 13.8 Å². The van der Waals surface area contributed by atoms with Crippen molar-refractivity contribution in [3.05, 3.63) is 0 Å². The number of carbonyl (C=O) groups excluding carboxylic acids is 1. The van der Waals surface area contributed by atoms with Crippen LogP contribution in [0, 0.1) is 0 Å².